The fraction of sp³-hybridized carbons (Fsp3) is 0.107. The number of carbonyl (C=O) groups excluding carboxylic acids is 2. The Bertz CT molecular complexity index is 3990. The zero-order chi connectivity index (χ0) is 40.9. The van der Waals surface area contributed by atoms with E-state index in [1.54, 1.807) is 12.1 Å². The minimum atomic E-state index is -3.94. The predicted octanol–water partition coefficient (Wildman–Crippen LogP) is 11.4. The van der Waals surface area contributed by atoms with Crippen LogP contribution in [0.2, 0.25) is 0 Å². The first kappa shape index (κ1) is 32.6. The Hall–Kier alpha value is -7.15. The number of hydrogen-bond donors (Lipinski definition) is 0. The molecule has 6 heteroatoms. The van der Waals surface area contributed by atoms with Crippen molar-refractivity contribution in [2.24, 2.45) is 0 Å². The predicted molar refractivity (Wildman–Crippen MR) is 240 cm³/mol. The molecule has 5 nitrogen and oxygen atoms in total. The largest absolute Gasteiger partial charge is 0.308 e. The van der Waals surface area contributed by atoms with Crippen molar-refractivity contribution >= 4 is 59.5 Å². The van der Waals surface area contributed by atoms with Crippen LogP contribution in [0.15, 0.2) is 174 Å². The van der Waals surface area contributed by atoms with Gasteiger partial charge in [-0.3, -0.25) is 9.59 Å². The maximum atomic E-state index is 15.2. The van der Waals surface area contributed by atoms with Gasteiger partial charge in [0.15, 0.2) is 11.6 Å². The molecular weight excluding hydrogens is 783 g/mol. The van der Waals surface area contributed by atoms with Crippen molar-refractivity contribution in [3.8, 4) is 11.1 Å². The molecule has 0 radical (unpaired) electrons. The molecule has 16 rings (SSSR count). The van der Waals surface area contributed by atoms with E-state index in [-0.39, 0.29) is 29.3 Å². The first-order valence-electron chi connectivity index (χ1n) is 21.4. The van der Waals surface area contributed by atoms with Gasteiger partial charge in [-0.05, 0) is 86.5 Å². The number of allylic oxidation sites excluding steroid dienone is 5. The number of ketones is 2. The molecule has 9 aromatic rings. The highest BCUT2D eigenvalue weighted by molar-refractivity contribution is 7.92. The SMILES string of the molecule is C=C1C=CC=CC2c3cc4c5c6c(cc7c8cc9c(cc8n(c4cc3C(=O)C3c4ccccc4C123)c75)C(=O)C1c2ccccc2C12c1ccccc1C92)-c1ccccc1S6(=O)=O. The Morgan fingerprint density at radius 3 is 1.84 bits per heavy atom. The standard InChI is InChI=1S/C56H31NO4S/c1-27-12-2-7-20-43-32-22-39-45(25-36(32)52(58)49-30-15-4-8-17-40(30)55(27,43)49)57-44-26-37-34(48-29-14-3-9-18-41(29)56(48)42-19-10-5-16-31(42)50(56)53(37)59)23-33(44)35-24-38-28-13-6-11-21-46(28)62(60,61)54(38)47(39)51(35)57/h2-26,43,48-50H,1H2. The Labute approximate surface area is 355 Å². The number of nitrogens with zero attached hydrogens (tertiary/aromatic N) is 1. The van der Waals surface area contributed by atoms with Crippen LogP contribution in [0.3, 0.4) is 0 Å². The van der Waals surface area contributed by atoms with Crippen LogP contribution in [0.5, 0.6) is 0 Å². The highest BCUT2D eigenvalue weighted by Crippen LogP contribution is 2.74. The lowest BCUT2D eigenvalue weighted by molar-refractivity contribution is 0.0845. The Kier molecular flexibility index (Phi) is 5.24. The van der Waals surface area contributed by atoms with Crippen molar-refractivity contribution in [3.05, 3.63) is 219 Å². The molecular formula is C56H31NO4S. The molecule has 0 bridgehead atoms. The highest BCUT2D eigenvalue weighted by atomic mass is 32.2. The van der Waals surface area contributed by atoms with Gasteiger partial charge >= 0.3 is 0 Å². The highest BCUT2D eigenvalue weighted by Gasteiger charge is 2.69. The molecule has 7 aliphatic rings. The summed E-state index contributed by atoms with van der Waals surface area (Å²) in [4.78, 5) is 31.0. The van der Waals surface area contributed by atoms with Crippen LogP contribution in [-0.2, 0) is 20.7 Å². The molecule has 0 N–H and O–H groups in total. The maximum Gasteiger partial charge on any atom is 0.208 e. The summed E-state index contributed by atoms with van der Waals surface area (Å²) < 4.78 is 32.1. The summed E-state index contributed by atoms with van der Waals surface area (Å²) in [5.74, 6) is -0.720. The van der Waals surface area contributed by atoms with Crippen molar-refractivity contribution in [3.63, 3.8) is 0 Å². The van der Waals surface area contributed by atoms with Gasteiger partial charge in [0, 0.05) is 66.5 Å². The van der Waals surface area contributed by atoms with E-state index in [0.29, 0.717) is 37.4 Å². The van der Waals surface area contributed by atoms with E-state index >= 15 is 9.59 Å². The third kappa shape index (κ3) is 3.05. The molecule has 6 atom stereocenters. The van der Waals surface area contributed by atoms with Crippen molar-refractivity contribution in [1.29, 1.82) is 0 Å². The van der Waals surface area contributed by atoms with E-state index in [0.717, 1.165) is 66.1 Å². The van der Waals surface area contributed by atoms with Crippen LogP contribution in [0, 0.1) is 0 Å². The molecule has 3 heterocycles. The number of carbonyl (C=O) groups is 2. The van der Waals surface area contributed by atoms with Crippen LogP contribution >= 0.6 is 0 Å². The number of aromatic nitrogens is 1. The summed E-state index contributed by atoms with van der Waals surface area (Å²) in [6.45, 7) is 4.59. The fourth-order valence-electron chi connectivity index (χ4n) is 14.4. The normalized spacial score (nSPS) is 26.7. The number of sulfone groups is 1. The van der Waals surface area contributed by atoms with E-state index in [1.165, 1.54) is 16.7 Å². The van der Waals surface area contributed by atoms with E-state index in [9.17, 15) is 8.42 Å². The smallest absolute Gasteiger partial charge is 0.208 e. The lowest BCUT2D eigenvalue weighted by Gasteiger charge is -2.64. The second kappa shape index (κ2) is 9.97. The summed E-state index contributed by atoms with van der Waals surface area (Å²) in [6, 6.07) is 43.2. The zero-order valence-electron chi connectivity index (χ0n) is 32.9. The summed E-state index contributed by atoms with van der Waals surface area (Å²) in [5, 5.41) is 3.36. The summed E-state index contributed by atoms with van der Waals surface area (Å²) in [6.07, 6.45) is 8.31. The lowest BCUT2D eigenvalue weighted by Crippen LogP contribution is -2.61. The lowest BCUT2D eigenvalue weighted by atomic mass is 9.36. The minimum absolute atomic E-state index is 0.00598. The van der Waals surface area contributed by atoms with E-state index in [4.69, 9.17) is 0 Å². The van der Waals surface area contributed by atoms with Crippen LogP contribution in [0.4, 0.5) is 0 Å². The van der Waals surface area contributed by atoms with E-state index in [2.05, 4.69) is 102 Å². The molecule has 1 aliphatic heterocycles. The molecule has 0 fully saturated rings. The van der Waals surface area contributed by atoms with Crippen LogP contribution in [0.1, 0.15) is 88.9 Å². The van der Waals surface area contributed by atoms with Crippen LogP contribution in [0.25, 0.3) is 49.2 Å². The van der Waals surface area contributed by atoms with Gasteiger partial charge in [0.1, 0.15) is 0 Å². The average molecular weight is 814 g/mol. The second-order valence-corrected chi connectivity index (χ2v) is 20.4. The molecule has 7 aromatic carbocycles. The quantitative estimate of drug-likeness (QED) is 0.153. The van der Waals surface area contributed by atoms with Gasteiger partial charge in [0.25, 0.3) is 0 Å². The Morgan fingerprint density at radius 1 is 0.532 bits per heavy atom. The zero-order valence-corrected chi connectivity index (χ0v) is 33.8. The molecule has 6 unspecified atom stereocenters. The van der Waals surface area contributed by atoms with Gasteiger partial charge in [-0.15, -0.1) is 0 Å². The van der Waals surface area contributed by atoms with Gasteiger partial charge in [-0.25, -0.2) is 8.42 Å². The van der Waals surface area contributed by atoms with E-state index in [1.807, 2.05) is 48.6 Å². The Balaban J connectivity index is 1.05. The Morgan fingerprint density at radius 2 is 1.11 bits per heavy atom. The molecule has 6 aliphatic carbocycles. The van der Waals surface area contributed by atoms with Gasteiger partial charge < -0.3 is 4.40 Å². The first-order chi connectivity index (χ1) is 30.3. The van der Waals surface area contributed by atoms with Gasteiger partial charge in [0.05, 0.1) is 38.2 Å². The summed E-state index contributed by atoms with van der Waals surface area (Å²) in [7, 11) is -3.94. The second-order valence-electron chi connectivity index (χ2n) is 18.5. The van der Waals surface area contributed by atoms with Crippen molar-refractivity contribution in [1.82, 2.24) is 4.40 Å². The molecule has 2 aromatic heterocycles. The van der Waals surface area contributed by atoms with E-state index < -0.39 is 26.6 Å². The minimum Gasteiger partial charge on any atom is -0.308 e. The van der Waals surface area contributed by atoms with Crippen molar-refractivity contribution in [2.45, 2.75) is 44.3 Å². The van der Waals surface area contributed by atoms with Crippen LogP contribution < -0.4 is 0 Å². The van der Waals surface area contributed by atoms with Gasteiger partial charge in [-0.2, -0.15) is 0 Å². The van der Waals surface area contributed by atoms with Crippen molar-refractivity contribution in [2.75, 3.05) is 0 Å². The van der Waals surface area contributed by atoms with Gasteiger partial charge in [0.2, 0.25) is 9.84 Å². The number of rotatable bonds is 0. The molecule has 2 spiro atoms. The molecule has 62 heavy (non-hydrogen) atoms. The summed E-state index contributed by atoms with van der Waals surface area (Å²) in [5.41, 5.74) is 13.9. The number of Topliss-reactive ketones (excluding diaryl/α,β-unsaturated/α-hetero) is 2. The van der Waals surface area contributed by atoms with Crippen LogP contribution in [-0.4, -0.2) is 24.4 Å². The average Bonchev–Trinajstić information content (AvgIpc) is 3.79. The number of benzene rings is 7. The number of fused-ring (bicyclic) bond motifs is 20. The number of hydrogen-bond acceptors (Lipinski definition) is 4. The third-order valence-corrected chi connectivity index (χ3v) is 18.4. The third-order valence-electron chi connectivity index (χ3n) is 16.5. The molecule has 290 valence electrons. The van der Waals surface area contributed by atoms with Gasteiger partial charge in [-0.1, -0.05) is 122 Å². The first-order valence-corrected chi connectivity index (χ1v) is 22.9. The summed E-state index contributed by atoms with van der Waals surface area (Å²) >= 11 is 0. The maximum absolute atomic E-state index is 15.2. The molecule has 0 saturated carbocycles. The monoisotopic (exact) mass is 813 g/mol. The molecule has 0 amide bonds. The van der Waals surface area contributed by atoms with Crippen molar-refractivity contribution < 1.29 is 18.0 Å². The topological polar surface area (TPSA) is 72.7 Å². The fourth-order valence-corrected chi connectivity index (χ4v) is 16.3. The molecule has 0 saturated heterocycles.